The molecule has 0 saturated carbocycles. The molecule has 0 aliphatic carbocycles. The minimum Gasteiger partial charge on any atom is -0.457 e. The molecule has 5 N–H and O–H groups in total. The maximum absolute atomic E-state index is 13.6. The lowest BCUT2D eigenvalue weighted by Gasteiger charge is -2.21. The maximum Gasteiger partial charge on any atom is 0.490 e. The number of phosphoric acid groups is 3. The van der Waals surface area contributed by atoms with Crippen molar-refractivity contribution in [1.82, 2.24) is 9.55 Å². The topological polar surface area (TPSA) is 411 Å². The fraction of sp³-hybridized carbons (Fsp3) is 0.526. The van der Waals surface area contributed by atoms with E-state index in [1.54, 1.807) is 18.2 Å². The maximum atomic E-state index is 13.6. The summed E-state index contributed by atoms with van der Waals surface area (Å²) in [4.78, 5) is 98.4. The first-order valence-corrected chi connectivity index (χ1v) is 25.5. The number of aromatic amines is 1. The van der Waals surface area contributed by atoms with Gasteiger partial charge in [-0.25, -0.2) is 28.1 Å². The van der Waals surface area contributed by atoms with Crippen LogP contribution in [0.15, 0.2) is 68.5 Å². The standard InChI is InChI=1S/C38H51N8O21P3/c1-4-11-58-12-13-59-14-15-60-16-17-61-21-26-9-10-30(31(18-26)25(3)43-45-40)36(48)62-22-27-20-46(38(50)41-35(27)47)34-19-32(65-37(49)29-8-6-5-7-28(29)24(2)42-44-39)33(64-34)23-63-69(54,55)67-70(56,57)66-68(51,52)53/h5-10,18,20,24-25,32-34H,4,11-17,19,21-23H2,1-3H3,(H,54,55)(H,56,57)(H,41,47,50)(H2,51,52,53)/t24?,25?,32?,33-,34-/m1/s1. The molecule has 32 heteroatoms. The van der Waals surface area contributed by atoms with E-state index in [9.17, 15) is 42.7 Å². The summed E-state index contributed by atoms with van der Waals surface area (Å²) in [6.07, 6.45) is -3.20. The summed E-state index contributed by atoms with van der Waals surface area (Å²) in [5.74, 6) is -2.01. The summed E-state index contributed by atoms with van der Waals surface area (Å²) in [5.41, 5.74) is 16.7. The molecule has 2 aromatic carbocycles. The van der Waals surface area contributed by atoms with E-state index < -0.39 is 96.8 Å². The van der Waals surface area contributed by atoms with Crippen molar-refractivity contribution in [2.45, 2.75) is 77.3 Å². The number of H-pyrrole nitrogens is 1. The van der Waals surface area contributed by atoms with Crippen molar-refractivity contribution < 1.29 is 89.2 Å². The van der Waals surface area contributed by atoms with Crippen LogP contribution in [0.2, 0.25) is 0 Å². The number of nitrogens with one attached hydrogen (secondary N) is 1. The highest BCUT2D eigenvalue weighted by Crippen LogP contribution is 2.66. The second-order valence-corrected chi connectivity index (χ2v) is 19.2. The van der Waals surface area contributed by atoms with Crippen LogP contribution in [0.25, 0.3) is 20.9 Å². The van der Waals surface area contributed by atoms with E-state index in [-0.39, 0.29) is 47.6 Å². The molecule has 0 radical (unpaired) electrons. The smallest absolute Gasteiger partial charge is 0.457 e. The van der Waals surface area contributed by atoms with Gasteiger partial charge in [-0.05, 0) is 46.3 Å². The van der Waals surface area contributed by atoms with Gasteiger partial charge in [0.1, 0.15) is 25.0 Å². The molecule has 4 rings (SSSR count). The van der Waals surface area contributed by atoms with Crippen LogP contribution in [0.1, 0.15) is 94.9 Å². The molecule has 1 aliphatic heterocycles. The molecule has 1 aliphatic rings. The van der Waals surface area contributed by atoms with Crippen molar-refractivity contribution in [3.8, 4) is 0 Å². The molecule has 0 amide bonds. The number of carbonyl (C=O) groups excluding carboxylic acids is 2. The van der Waals surface area contributed by atoms with Crippen LogP contribution >= 0.6 is 23.5 Å². The van der Waals surface area contributed by atoms with Crippen molar-refractivity contribution in [2.24, 2.45) is 10.2 Å². The van der Waals surface area contributed by atoms with Gasteiger partial charge in [-0.2, -0.15) is 8.62 Å². The fourth-order valence-electron chi connectivity index (χ4n) is 6.44. The summed E-state index contributed by atoms with van der Waals surface area (Å²) in [6, 6.07) is 8.65. The van der Waals surface area contributed by atoms with E-state index in [0.29, 0.717) is 38.6 Å². The van der Waals surface area contributed by atoms with Gasteiger partial charge in [0.25, 0.3) is 5.56 Å². The van der Waals surface area contributed by atoms with Crippen molar-refractivity contribution in [3.05, 3.63) is 124 Å². The fourth-order valence-corrected chi connectivity index (χ4v) is 9.47. The first kappa shape index (κ1) is 57.5. The third-order valence-corrected chi connectivity index (χ3v) is 13.4. The number of hydrogen-bond donors (Lipinski definition) is 5. The molecule has 2 heterocycles. The highest BCUT2D eigenvalue weighted by atomic mass is 31.3. The molecule has 5 unspecified atom stereocenters. The molecule has 0 spiro atoms. The number of carbonyl (C=O) groups is 2. The average Bonchev–Trinajstić information content (AvgIpc) is 3.68. The zero-order valence-corrected chi connectivity index (χ0v) is 40.4. The molecule has 1 saturated heterocycles. The first-order valence-electron chi connectivity index (χ1n) is 20.9. The zero-order valence-electron chi connectivity index (χ0n) is 37.7. The summed E-state index contributed by atoms with van der Waals surface area (Å²) in [5, 5.41) is 7.29. The monoisotopic (exact) mass is 1050 g/mol. The SMILES string of the molecule is CCCOCCOCCOCCOCc1ccc(C(=O)OCc2cn([C@H]3CC(OC(=O)c4ccccc4C(C)N=[N+]=[N-])[C@@H](COP(=O)(O)OP(=O)(O)OP(=O)(O)O)O3)c(=O)[nH]c2=O)c(C(C)N=[N+]=[N-])c1. The van der Waals surface area contributed by atoms with Gasteiger partial charge >= 0.3 is 41.1 Å². The van der Waals surface area contributed by atoms with Crippen LogP contribution in [0.5, 0.6) is 0 Å². The van der Waals surface area contributed by atoms with Crippen LogP contribution < -0.4 is 11.2 Å². The van der Waals surface area contributed by atoms with Gasteiger partial charge in [0, 0.05) is 29.0 Å². The van der Waals surface area contributed by atoms with E-state index in [0.717, 1.165) is 17.2 Å². The molecule has 1 aromatic heterocycles. The molecule has 384 valence electrons. The Morgan fingerprint density at radius 2 is 1.41 bits per heavy atom. The Bertz CT molecular complexity index is 2640. The number of hydrogen-bond acceptors (Lipinski definition) is 19. The van der Waals surface area contributed by atoms with Gasteiger partial charge in [0.15, 0.2) is 0 Å². The summed E-state index contributed by atoms with van der Waals surface area (Å²) < 4.78 is 87.7. The second-order valence-electron chi connectivity index (χ2n) is 14.8. The van der Waals surface area contributed by atoms with E-state index in [1.807, 2.05) is 6.92 Å². The Morgan fingerprint density at radius 3 is 2.04 bits per heavy atom. The van der Waals surface area contributed by atoms with Gasteiger partial charge in [0.05, 0.1) is 81.6 Å². The van der Waals surface area contributed by atoms with Crippen molar-refractivity contribution >= 4 is 35.4 Å². The Kier molecular flexibility index (Phi) is 22.6. The van der Waals surface area contributed by atoms with Gasteiger partial charge in [-0.3, -0.25) is 18.9 Å². The number of esters is 2. The number of nitrogens with zero attached hydrogens (tertiary/aromatic N) is 7. The molecule has 1 fully saturated rings. The lowest BCUT2D eigenvalue weighted by molar-refractivity contribution is -0.0513. The number of phosphoric ester groups is 1. The first-order chi connectivity index (χ1) is 33.2. The van der Waals surface area contributed by atoms with E-state index >= 15 is 0 Å². The molecular weight excluding hydrogens is 997 g/mol. The number of azide groups is 2. The molecule has 7 atom stereocenters. The summed E-state index contributed by atoms with van der Waals surface area (Å²) in [7, 11) is -17.4. The minimum atomic E-state index is -5.94. The van der Waals surface area contributed by atoms with Crippen LogP contribution in [-0.2, 0) is 73.2 Å². The number of rotatable bonds is 30. The lowest BCUT2D eigenvalue weighted by atomic mass is 9.99. The number of ether oxygens (including phenoxy) is 7. The Balaban J connectivity index is 1.50. The van der Waals surface area contributed by atoms with E-state index in [4.69, 9.17) is 58.5 Å². The Morgan fingerprint density at radius 1 is 0.814 bits per heavy atom. The highest BCUT2D eigenvalue weighted by Gasteiger charge is 2.45. The average molecular weight is 1050 g/mol. The van der Waals surface area contributed by atoms with Gasteiger partial charge in [0.2, 0.25) is 0 Å². The molecule has 3 aromatic rings. The Hall–Kier alpha value is -5.11. The number of benzene rings is 2. The van der Waals surface area contributed by atoms with Crippen molar-refractivity contribution in [2.75, 3.05) is 52.9 Å². The van der Waals surface area contributed by atoms with Crippen molar-refractivity contribution in [1.29, 1.82) is 0 Å². The zero-order chi connectivity index (χ0) is 51.5. The molecule has 29 nitrogen and oxygen atoms in total. The van der Waals surface area contributed by atoms with Gasteiger partial charge in [-0.15, -0.1) is 0 Å². The van der Waals surface area contributed by atoms with Crippen molar-refractivity contribution in [3.63, 3.8) is 0 Å². The van der Waals surface area contributed by atoms with Crippen LogP contribution in [0.4, 0.5) is 0 Å². The predicted molar refractivity (Wildman–Crippen MR) is 238 cm³/mol. The largest absolute Gasteiger partial charge is 0.490 e. The third-order valence-electron chi connectivity index (χ3n) is 9.57. The Labute approximate surface area is 397 Å². The predicted octanol–water partition coefficient (Wildman–Crippen LogP) is 5.47. The molecule has 70 heavy (non-hydrogen) atoms. The second kappa shape index (κ2) is 27.5. The quantitative estimate of drug-likeness (QED) is 0.0138. The lowest BCUT2D eigenvalue weighted by Crippen LogP contribution is -2.34. The molecular formula is C38H51N8O21P3. The normalized spacial score (nSPS) is 18.4. The molecule has 0 bridgehead atoms. The van der Waals surface area contributed by atoms with E-state index in [1.165, 1.54) is 38.1 Å². The van der Waals surface area contributed by atoms with Crippen LogP contribution in [-0.4, -0.2) is 106 Å². The highest BCUT2D eigenvalue weighted by molar-refractivity contribution is 7.66. The summed E-state index contributed by atoms with van der Waals surface area (Å²) >= 11 is 0. The number of aromatic nitrogens is 2. The van der Waals surface area contributed by atoms with Gasteiger partial charge in [-0.1, -0.05) is 61.3 Å². The minimum absolute atomic E-state index is 0.0325. The third kappa shape index (κ3) is 18.6. The van der Waals surface area contributed by atoms with Crippen LogP contribution in [0.3, 0.4) is 0 Å². The summed E-state index contributed by atoms with van der Waals surface area (Å²) in [6.45, 7) is 6.15. The van der Waals surface area contributed by atoms with Crippen LogP contribution in [0, 0.1) is 0 Å². The van der Waals surface area contributed by atoms with E-state index in [2.05, 4.69) is 33.7 Å². The van der Waals surface area contributed by atoms with Gasteiger partial charge < -0.3 is 52.7 Å².